The van der Waals surface area contributed by atoms with Crippen molar-refractivity contribution in [2.45, 2.75) is 51.3 Å². The third-order valence-corrected chi connectivity index (χ3v) is 5.27. The van der Waals surface area contributed by atoms with Crippen molar-refractivity contribution in [1.29, 1.82) is 0 Å². The second-order valence-electron chi connectivity index (χ2n) is 4.26. The summed E-state index contributed by atoms with van der Waals surface area (Å²) < 4.78 is 29.3. The Morgan fingerprint density at radius 3 is 2.29 bits per heavy atom. The number of hydrogen-bond acceptors (Lipinski definition) is 4. The molecule has 5 heteroatoms. The fourth-order valence-corrected chi connectivity index (χ4v) is 4.07. The Morgan fingerprint density at radius 1 is 1.24 bits per heavy atom. The highest BCUT2D eigenvalue weighted by atomic mass is 32.2. The van der Waals surface area contributed by atoms with Gasteiger partial charge in [0.1, 0.15) is 0 Å². The highest BCUT2D eigenvalue weighted by Crippen LogP contribution is 2.16. The van der Waals surface area contributed by atoms with Crippen LogP contribution in [0.1, 0.15) is 40.0 Å². The third-order valence-electron chi connectivity index (χ3n) is 2.95. The lowest BCUT2D eigenvalue weighted by atomic mass is 10.1. The molecule has 2 atom stereocenters. The molecule has 0 saturated heterocycles. The molecule has 0 aliphatic heterocycles. The van der Waals surface area contributed by atoms with Crippen LogP contribution in [0.5, 0.6) is 0 Å². The second kappa shape index (κ2) is 8.89. The van der Waals surface area contributed by atoms with Gasteiger partial charge in [-0.05, 0) is 19.4 Å². The Labute approximate surface area is 106 Å². The lowest BCUT2D eigenvalue weighted by molar-refractivity contribution is 0.216. The van der Waals surface area contributed by atoms with E-state index in [2.05, 4.69) is 12.2 Å². The summed E-state index contributed by atoms with van der Waals surface area (Å²) in [4.78, 5) is 0. The van der Waals surface area contributed by atoms with Gasteiger partial charge in [-0.25, -0.2) is 8.42 Å². The molecule has 0 rings (SSSR count). The first-order chi connectivity index (χ1) is 8.03. The molecule has 0 heterocycles. The van der Waals surface area contributed by atoms with Gasteiger partial charge in [-0.1, -0.05) is 27.2 Å². The van der Waals surface area contributed by atoms with Crippen molar-refractivity contribution in [2.75, 3.05) is 26.0 Å². The predicted molar refractivity (Wildman–Crippen MR) is 72.1 cm³/mol. The molecule has 0 aromatic rings. The lowest BCUT2D eigenvalue weighted by Crippen LogP contribution is -2.45. The number of sulfone groups is 1. The second-order valence-corrected chi connectivity index (χ2v) is 6.60. The molecule has 0 aliphatic rings. The van der Waals surface area contributed by atoms with E-state index < -0.39 is 9.84 Å². The fourth-order valence-electron chi connectivity index (χ4n) is 2.13. The van der Waals surface area contributed by atoms with Crippen LogP contribution in [0.25, 0.3) is 0 Å². The van der Waals surface area contributed by atoms with Crippen LogP contribution in [-0.4, -0.2) is 45.7 Å². The molecule has 0 radical (unpaired) electrons. The first-order valence-corrected chi connectivity index (χ1v) is 8.18. The zero-order valence-corrected chi connectivity index (χ0v) is 12.3. The van der Waals surface area contributed by atoms with Gasteiger partial charge in [0.05, 0.1) is 17.6 Å². The molecule has 104 valence electrons. The highest BCUT2D eigenvalue weighted by Gasteiger charge is 2.30. The Bertz CT molecular complexity index is 271. The van der Waals surface area contributed by atoms with Crippen molar-refractivity contribution >= 4 is 9.84 Å². The van der Waals surface area contributed by atoms with Crippen molar-refractivity contribution in [2.24, 2.45) is 0 Å². The van der Waals surface area contributed by atoms with Crippen molar-refractivity contribution < 1.29 is 13.2 Å². The molecule has 1 N–H and O–H groups in total. The molecule has 0 saturated carbocycles. The average Bonchev–Trinajstić information content (AvgIpc) is 2.27. The Hall–Kier alpha value is -0.130. The topological polar surface area (TPSA) is 55.4 Å². The molecular weight excluding hydrogens is 238 g/mol. The molecule has 4 nitrogen and oxygen atoms in total. The van der Waals surface area contributed by atoms with Gasteiger partial charge in [0, 0.05) is 13.2 Å². The van der Waals surface area contributed by atoms with E-state index in [4.69, 9.17) is 4.74 Å². The Kier molecular flexibility index (Phi) is 8.82. The maximum Gasteiger partial charge on any atom is 0.156 e. The highest BCUT2D eigenvalue weighted by molar-refractivity contribution is 7.92. The summed E-state index contributed by atoms with van der Waals surface area (Å²) >= 11 is 0. The quantitative estimate of drug-likeness (QED) is 0.652. The van der Waals surface area contributed by atoms with Crippen molar-refractivity contribution in [3.05, 3.63) is 0 Å². The van der Waals surface area contributed by atoms with E-state index in [0.717, 1.165) is 19.4 Å². The van der Waals surface area contributed by atoms with E-state index in [9.17, 15) is 8.42 Å². The van der Waals surface area contributed by atoms with Crippen LogP contribution in [0.3, 0.4) is 0 Å². The third kappa shape index (κ3) is 5.84. The molecule has 2 unspecified atom stereocenters. The van der Waals surface area contributed by atoms with Gasteiger partial charge >= 0.3 is 0 Å². The first kappa shape index (κ1) is 16.9. The van der Waals surface area contributed by atoms with E-state index in [1.807, 2.05) is 13.8 Å². The van der Waals surface area contributed by atoms with E-state index in [1.165, 1.54) is 7.11 Å². The zero-order chi connectivity index (χ0) is 13.3. The van der Waals surface area contributed by atoms with Gasteiger partial charge in [0.2, 0.25) is 0 Å². The minimum Gasteiger partial charge on any atom is -0.384 e. The SMILES string of the molecule is CCCC(NCC)C(CC)S(=O)(=O)CCOC. The summed E-state index contributed by atoms with van der Waals surface area (Å²) in [6.45, 7) is 7.12. The van der Waals surface area contributed by atoms with Gasteiger partial charge in [-0.15, -0.1) is 0 Å². The summed E-state index contributed by atoms with van der Waals surface area (Å²) in [5.41, 5.74) is 0. The van der Waals surface area contributed by atoms with Crippen molar-refractivity contribution in [3.63, 3.8) is 0 Å². The summed E-state index contributed by atoms with van der Waals surface area (Å²) in [5.74, 6) is 0.119. The normalized spacial score (nSPS) is 15.8. The number of methoxy groups -OCH3 is 1. The van der Waals surface area contributed by atoms with Crippen LogP contribution in [0, 0.1) is 0 Å². The van der Waals surface area contributed by atoms with Crippen LogP contribution < -0.4 is 5.32 Å². The number of ether oxygens (including phenoxy) is 1. The van der Waals surface area contributed by atoms with Crippen molar-refractivity contribution in [1.82, 2.24) is 5.32 Å². The molecule has 0 spiro atoms. The minimum atomic E-state index is -3.07. The molecule has 0 aromatic carbocycles. The van der Waals surface area contributed by atoms with Gasteiger partial charge in [-0.2, -0.15) is 0 Å². The standard InChI is InChI=1S/C12H27NO3S/c1-5-8-11(13-7-3)12(6-2)17(14,15)10-9-16-4/h11-13H,5-10H2,1-4H3. The van der Waals surface area contributed by atoms with E-state index in [1.54, 1.807) is 0 Å². The summed E-state index contributed by atoms with van der Waals surface area (Å²) in [6, 6.07) is 0.0665. The van der Waals surface area contributed by atoms with Crippen LogP contribution >= 0.6 is 0 Å². The molecular formula is C12H27NO3S. The maximum atomic E-state index is 12.2. The molecule has 0 aliphatic carbocycles. The summed E-state index contributed by atoms with van der Waals surface area (Å²) in [6.07, 6.45) is 2.55. The molecule has 0 fully saturated rings. The molecule has 0 amide bonds. The largest absolute Gasteiger partial charge is 0.384 e. The fraction of sp³-hybridized carbons (Fsp3) is 1.00. The lowest BCUT2D eigenvalue weighted by Gasteiger charge is -2.26. The molecule has 0 bridgehead atoms. The monoisotopic (exact) mass is 265 g/mol. The van der Waals surface area contributed by atoms with Crippen molar-refractivity contribution in [3.8, 4) is 0 Å². The number of hydrogen-bond donors (Lipinski definition) is 1. The van der Waals surface area contributed by atoms with Gasteiger partial charge in [-0.3, -0.25) is 0 Å². The number of nitrogens with one attached hydrogen (secondary N) is 1. The first-order valence-electron chi connectivity index (χ1n) is 6.47. The Morgan fingerprint density at radius 2 is 1.88 bits per heavy atom. The summed E-state index contributed by atoms with van der Waals surface area (Å²) in [5, 5.41) is 3.00. The maximum absolute atomic E-state index is 12.2. The molecule has 0 aromatic heterocycles. The zero-order valence-electron chi connectivity index (χ0n) is 11.5. The number of rotatable bonds is 10. The van der Waals surface area contributed by atoms with Gasteiger partial charge in [0.25, 0.3) is 0 Å². The smallest absolute Gasteiger partial charge is 0.156 e. The van der Waals surface area contributed by atoms with Crippen LogP contribution in [0.15, 0.2) is 0 Å². The summed E-state index contributed by atoms with van der Waals surface area (Å²) in [7, 11) is -1.53. The molecule has 17 heavy (non-hydrogen) atoms. The van der Waals surface area contributed by atoms with Crippen LogP contribution in [0.2, 0.25) is 0 Å². The minimum absolute atomic E-state index is 0.0665. The van der Waals surface area contributed by atoms with Gasteiger partial charge < -0.3 is 10.1 Å². The van der Waals surface area contributed by atoms with Crippen LogP contribution in [0.4, 0.5) is 0 Å². The predicted octanol–water partition coefficient (Wildman–Crippen LogP) is 1.60. The van der Waals surface area contributed by atoms with Gasteiger partial charge in [0.15, 0.2) is 9.84 Å². The average molecular weight is 265 g/mol. The van der Waals surface area contributed by atoms with E-state index in [-0.39, 0.29) is 23.7 Å². The Balaban J connectivity index is 4.74. The van der Waals surface area contributed by atoms with E-state index >= 15 is 0 Å². The van der Waals surface area contributed by atoms with E-state index in [0.29, 0.717) is 6.42 Å². The van der Waals surface area contributed by atoms with Crippen LogP contribution in [-0.2, 0) is 14.6 Å².